The first-order valence-corrected chi connectivity index (χ1v) is 7.40. The fourth-order valence-electron chi connectivity index (χ4n) is 2.18. The van der Waals surface area contributed by atoms with E-state index in [0.29, 0.717) is 6.04 Å². The van der Waals surface area contributed by atoms with E-state index in [0.717, 1.165) is 5.92 Å². The number of hydrogen-bond acceptors (Lipinski definition) is 2. The molecule has 2 unspecified atom stereocenters. The van der Waals surface area contributed by atoms with Crippen LogP contribution in [0, 0.1) is 5.92 Å². The van der Waals surface area contributed by atoms with Gasteiger partial charge in [0, 0.05) is 10.9 Å². The van der Waals surface area contributed by atoms with Gasteiger partial charge in [0.25, 0.3) is 0 Å². The molecular weight excluding hydrogens is 214 g/mol. The maximum atomic E-state index is 3.46. The van der Waals surface area contributed by atoms with Crippen molar-refractivity contribution < 1.29 is 0 Å². The van der Waals surface area contributed by atoms with Crippen LogP contribution in [0.2, 0.25) is 0 Å². The SMILES string of the molecule is CCCCC(CC)CC(NC)c1cccs1. The van der Waals surface area contributed by atoms with Crippen molar-refractivity contribution in [1.29, 1.82) is 0 Å². The smallest absolute Gasteiger partial charge is 0.0414 e. The van der Waals surface area contributed by atoms with E-state index in [9.17, 15) is 0 Å². The lowest BCUT2D eigenvalue weighted by molar-refractivity contribution is 0.367. The van der Waals surface area contributed by atoms with Crippen LogP contribution in [0.5, 0.6) is 0 Å². The van der Waals surface area contributed by atoms with Crippen molar-refractivity contribution in [2.75, 3.05) is 7.05 Å². The van der Waals surface area contributed by atoms with Gasteiger partial charge in [0.05, 0.1) is 0 Å². The Morgan fingerprint density at radius 2 is 2.19 bits per heavy atom. The Balaban J connectivity index is 2.47. The zero-order valence-electron chi connectivity index (χ0n) is 10.8. The lowest BCUT2D eigenvalue weighted by Crippen LogP contribution is -2.18. The molecule has 0 spiro atoms. The van der Waals surface area contributed by atoms with Gasteiger partial charge >= 0.3 is 0 Å². The highest BCUT2D eigenvalue weighted by Crippen LogP contribution is 2.28. The van der Waals surface area contributed by atoms with Crippen LogP contribution in [0.4, 0.5) is 0 Å². The van der Waals surface area contributed by atoms with Gasteiger partial charge in [0.2, 0.25) is 0 Å². The van der Waals surface area contributed by atoms with Crippen molar-refractivity contribution >= 4 is 11.3 Å². The summed E-state index contributed by atoms with van der Waals surface area (Å²) < 4.78 is 0. The highest BCUT2D eigenvalue weighted by molar-refractivity contribution is 7.10. The molecule has 1 nitrogen and oxygen atoms in total. The molecule has 0 aliphatic carbocycles. The van der Waals surface area contributed by atoms with E-state index in [-0.39, 0.29) is 0 Å². The highest BCUT2D eigenvalue weighted by atomic mass is 32.1. The lowest BCUT2D eigenvalue weighted by atomic mass is 9.91. The molecule has 0 radical (unpaired) electrons. The Kier molecular flexibility index (Phi) is 6.74. The van der Waals surface area contributed by atoms with Crippen LogP contribution in [0.15, 0.2) is 17.5 Å². The number of hydrogen-bond donors (Lipinski definition) is 1. The standard InChI is InChI=1S/C14H25NS/c1-4-6-8-12(5-2)11-13(15-3)14-9-7-10-16-14/h7,9-10,12-13,15H,4-6,8,11H2,1-3H3. The summed E-state index contributed by atoms with van der Waals surface area (Å²) in [6, 6.07) is 4.96. The molecule has 92 valence electrons. The van der Waals surface area contributed by atoms with Crippen molar-refractivity contribution in [2.45, 2.75) is 52.0 Å². The van der Waals surface area contributed by atoms with Gasteiger partial charge in [-0.3, -0.25) is 0 Å². The number of nitrogens with one attached hydrogen (secondary N) is 1. The summed E-state index contributed by atoms with van der Waals surface area (Å²) in [5.41, 5.74) is 0. The van der Waals surface area contributed by atoms with Gasteiger partial charge in [-0.05, 0) is 30.8 Å². The minimum Gasteiger partial charge on any atom is -0.312 e. The van der Waals surface area contributed by atoms with Crippen LogP contribution in [-0.2, 0) is 0 Å². The first-order chi connectivity index (χ1) is 7.81. The quantitative estimate of drug-likeness (QED) is 0.698. The molecule has 2 atom stereocenters. The molecule has 0 aromatic carbocycles. The van der Waals surface area contributed by atoms with Gasteiger partial charge in [-0.2, -0.15) is 0 Å². The largest absolute Gasteiger partial charge is 0.312 e. The summed E-state index contributed by atoms with van der Waals surface area (Å²) in [6.07, 6.45) is 6.67. The minimum atomic E-state index is 0.557. The highest BCUT2D eigenvalue weighted by Gasteiger charge is 2.15. The third kappa shape index (κ3) is 4.26. The van der Waals surface area contributed by atoms with E-state index >= 15 is 0 Å². The summed E-state index contributed by atoms with van der Waals surface area (Å²) in [5.74, 6) is 0.875. The topological polar surface area (TPSA) is 12.0 Å². The predicted octanol–water partition coefficient (Wildman–Crippen LogP) is 4.62. The molecule has 0 saturated heterocycles. The fraction of sp³-hybridized carbons (Fsp3) is 0.714. The maximum Gasteiger partial charge on any atom is 0.0414 e. The van der Waals surface area contributed by atoms with Crippen LogP contribution in [0.1, 0.15) is 56.9 Å². The maximum absolute atomic E-state index is 3.46. The van der Waals surface area contributed by atoms with E-state index in [4.69, 9.17) is 0 Å². The molecular formula is C14H25NS. The number of unbranched alkanes of at least 4 members (excludes halogenated alkanes) is 1. The van der Waals surface area contributed by atoms with E-state index < -0.39 is 0 Å². The first-order valence-electron chi connectivity index (χ1n) is 6.52. The second kappa shape index (κ2) is 7.86. The molecule has 2 heteroatoms. The molecule has 0 saturated carbocycles. The summed E-state index contributed by atoms with van der Waals surface area (Å²) >= 11 is 1.87. The molecule has 1 aromatic rings. The van der Waals surface area contributed by atoms with E-state index in [1.807, 2.05) is 11.3 Å². The van der Waals surface area contributed by atoms with Crippen molar-refractivity contribution in [3.05, 3.63) is 22.4 Å². The van der Waals surface area contributed by atoms with Gasteiger partial charge in [-0.1, -0.05) is 45.6 Å². The van der Waals surface area contributed by atoms with Gasteiger partial charge in [0.15, 0.2) is 0 Å². The molecule has 0 aliphatic heterocycles. The van der Waals surface area contributed by atoms with Gasteiger partial charge in [-0.25, -0.2) is 0 Å². The molecule has 1 heterocycles. The van der Waals surface area contributed by atoms with Crippen molar-refractivity contribution in [3.63, 3.8) is 0 Å². The predicted molar refractivity (Wildman–Crippen MR) is 74.0 cm³/mol. The second-order valence-electron chi connectivity index (χ2n) is 4.51. The zero-order chi connectivity index (χ0) is 11.8. The van der Waals surface area contributed by atoms with Crippen molar-refractivity contribution in [3.8, 4) is 0 Å². The molecule has 1 rings (SSSR count). The van der Waals surface area contributed by atoms with Crippen LogP contribution in [-0.4, -0.2) is 7.05 Å². The molecule has 16 heavy (non-hydrogen) atoms. The monoisotopic (exact) mass is 239 g/mol. The molecule has 0 aliphatic rings. The van der Waals surface area contributed by atoms with E-state index in [2.05, 4.69) is 43.7 Å². The molecule has 1 N–H and O–H groups in total. The van der Waals surface area contributed by atoms with Crippen molar-refractivity contribution in [2.24, 2.45) is 5.92 Å². The van der Waals surface area contributed by atoms with Crippen LogP contribution in [0.25, 0.3) is 0 Å². The molecule has 0 fully saturated rings. The van der Waals surface area contributed by atoms with Crippen LogP contribution < -0.4 is 5.32 Å². The van der Waals surface area contributed by atoms with Crippen LogP contribution >= 0.6 is 11.3 Å². The third-order valence-corrected chi connectivity index (χ3v) is 4.33. The Hall–Kier alpha value is -0.340. The molecule has 0 bridgehead atoms. The van der Waals surface area contributed by atoms with Crippen LogP contribution in [0.3, 0.4) is 0 Å². The van der Waals surface area contributed by atoms with Gasteiger partial charge in [0.1, 0.15) is 0 Å². The normalized spacial score (nSPS) is 14.9. The van der Waals surface area contributed by atoms with Gasteiger partial charge < -0.3 is 5.32 Å². The van der Waals surface area contributed by atoms with Crippen molar-refractivity contribution in [1.82, 2.24) is 5.32 Å². The summed E-state index contributed by atoms with van der Waals surface area (Å²) in [5, 5.41) is 5.63. The fourth-order valence-corrected chi connectivity index (χ4v) is 3.03. The first kappa shape index (κ1) is 13.7. The van der Waals surface area contributed by atoms with E-state index in [1.165, 1.54) is 37.0 Å². The lowest BCUT2D eigenvalue weighted by Gasteiger charge is -2.21. The third-order valence-electron chi connectivity index (χ3n) is 3.35. The number of thiophene rings is 1. The van der Waals surface area contributed by atoms with E-state index in [1.54, 1.807) is 0 Å². The van der Waals surface area contributed by atoms with Gasteiger partial charge in [-0.15, -0.1) is 11.3 Å². The Morgan fingerprint density at radius 1 is 1.38 bits per heavy atom. The average molecular weight is 239 g/mol. The Morgan fingerprint density at radius 3 is 2.69 bits per heavy atom. The Labute approximate surface area is 104 Å². The summed E-state index contributed by atoms with van der Waals surface area (Å²) in [6.45, 7) is 4.60. The summed E-state index contributed by atoms with van der Waals surface area (Å²) in [7, 11) is 2.08. The summed E-state index contributed by atoms with van der Waals surface area (Å²) in [4.78, 5) is 1.48. The second-order valence-corrected chi connectivity index (χ2v) is 5.49. The number of rotatable bonds is 8. The minimum absolute atomic E-state index is 0.557. The molecule has 1 aromatic heterocycles. The zero-order valence-corrected chi connectivity index (χ0v) is 11.6. The Bertz CT molecular complexity index is 256. The molecule has 0 amide bonds. The average Bonchev–Trinajstić information content (AvgIpc) is 2.83.